The van der Waals surface area contributed by atoms with Gasteiger partial charge in [-0.05, 0) is 20.3 Å². The molecule has 0 aliphatic carbocycles. The summed E-state index contributed by atoms with van der Waals surface area (Å²) >= 11 is 6.36. The number of aromatic nitrogens is 4. The average Bonchev–Trinajstić information content (AvgIpc) is 3.00. The normalized spacial score (nSPS) is 10.8. The zero-order valence-corrected chi connectivity index (χ0v) is 17.8. The van der Waals surface area contributed by atoms with Crippen molar-refractivity contribution in [3.05, 3.63) is 45.1 Å². The number of rotatable bonds is 5. The van der Waals surface area contributed by atoms with Gasteiger partial charge in [0.2, 0.25) is 11.6 Å². The summed E-state index contributed by atoms with van der Waals surface area (Å²) in [7, 11) is 1.59. The van der Waals surface area contributed by atoms with Gasteiger partial charge in [-0.3, -0.25) is 0 Å². The first-order valence-electron chi connectivity index (χ1n) is 9.44. The van der Waals surface area contributed by atoms with Crippen molar-refractivity contribution in [2.24, 2.45) is 0 Å². The van der Waals surface area contributed by atoms with E-state index in [9.17, 15) is 5.21 Å². The van der Waals surface area contributed by atoms with E-state index < -0.39 is 0 Å². The van der Waals surface area contributed by atoms with E-state index in [0.717, 1.165) is 40.7 Å². The van der Waals surface area contributed by atoms with Crippen molar-refractivity contribution in [3.8, 4) is 17.6 Å². The molecule has 29 heavy (non-hydrogen) atoms. The van der Waals surface area contributed by atoms with Gasteiger partial charge in [-0.25, -0.2) is 4.98 Å². The van der Waals surface area contributed by atoms with Gasteiger partial charge in [-0.15, -0.1) is 0 Å². The molecule has 7 nitrogen and oxygen atoms in total. The Bertz CT molecular complexity index is 1130. The largest absolute Gasteiger partial charge is 0.618 e. The second-order valence-electron chi connectivity index (χ2n) is 6.89. The molecule has 0 atom stereocenters. The van der Waals surface area contributed by atoms with Gasteiger partial charge in [0.1, 0.15) is 23.1 Å². The first-order valence-corrected chi connectivity index (χ1v) is 9.82. The highest BCUT2D eigenvalue weighted by molar-refractivity contribution is 6.34. The molecule has 2 N–H and O–H groups in total. The lowest BCUT2D eigenvalue weighted by Crippen LogP contribution is -2.34. The number of aryl methyl sites for hydroxylation is 1. The highest BCUT2D eigenvalue weighted by atomic mass is 35.5. The number of halogens is 1. The van der Waals surface area contributed by atoms with Crippen LogP contribution < -0.4 is 15.2 Å². The summed E-state index contributed by atoms with van der Waals surface area (Å²) in [6.07, 6.45) is 6.26. The molecule has 0 bridgehead atoms. The zero-order chi connectivity index (χ0) is 21.1. The summed E-state index contributed by atoms with van der Waals surface area (Å²) < 4.78 is 8.15. The molecule has 3 aromatic heterocycles. The van der Waals surface area contributed by atoms with Crippen molar-refractivity contribution in [2.45, 2.75) is 46.6 Å². The van der Waals surface area contributed by atoms with Gasteiger partial charge in [0.25, 0.3) is 0 Å². The molecule has 3 heterocycles. The van der Waals surface area contributed by atoms with Gasteiger partial charge < -0.3 is 20.2 Å². The molecule has 152 valence electrons. The number of methoxy groups -OCH3 is 1. The lowest BCUT2D eigenvalue weighted by Gasteiger charge is -2.14. The molecule has 0 saturated carbocycles. The minimum Gasteiger partial charge on any atom is -0.618 e. The van der Waals surface area contributed by atoms with Crippen LogP contribution in [0.1, 0.15) is 48.6 Å². The number of hydrogen-bond acceptors (Lipinski definition) is 5. The number of pyridine rings is 1. The van der Waals surface area contributed by atoms with Gasteiger partial charge in [-0.1, -0.05) is 36.8 Å². The smallest absolute Gasteiger partial charge is 0.223 e. The van der Waals surface area contributed by atoms with Crippen molar-refractivity contribution in [1.82, 2.24) is 14.5 Å². The molecule has 8 heteroatoms. The number of nitrogens with zero attached hydrogens (tertiary/aromatic N) is 4. The first kappa shape index (κ1) is 20.7. The minimum atomic E-state index is 0.0700. The Labute approximate surface area is 175 Å². The Morgan fingerprint density at radius 1 is 1.34 bits per heavy atom. The van der Waals surface area contributed by atoms with Crippen LogP contribution in [0, 0.1) is 30.9 Å². The number of ether oxygens (including phenoxy) is 1. The highest BCUT2D eigenvalue weighted by Gasteiger charge is 2.21. The maximum atomic E-state index is 12.6. The van der Waals surface area contributed by atoms with Crippen LogP contribution >= 0.6 is 11.6 Å². The fourth-order valence-corrected chi connectivity index (χ4v) is 3.64. The van der Waals surface area contributed by atoms with Crippen molar-refractivity contribution in [2.75, 3.05) is 12.8 Å². The Kier molecular flexibility index (Phi) is 6.14. The van der Waals surface area contributed by atoms with E-state index in [4.69, 9.17) is 22.1 Å². The lowest BCUT2D eigenvalue weighted by molar-refractivity contribution is -0.615. The third kappa shape index (κ3) is 4.08. The SMILES string of the molecule is CCCCC#Cc1cn(Cc2c(C)c(OC)c(C)c[n+]2[O-])c2nc(N)nc(Cl)c12. The summed E-state index contributed by atoms with van der Waals surface area (Å²) in [6.45, 7) is 6.10. The van der Waals surface area contributed by atoms with Crippen LogP contribution in [-0.2, 0) is 6.54 Å². The summed E-state index contributed by atoms with van der Waals surface area (Å²) in [5.41, 5.74) is 9.17. The van der Waals surface area contributed by atoms with Gasteiger partial charge in [0.05, 0.1) is 29.2 Å². The Hall–Kier alpha value is -2.98. The maximum Gasteiger partial charge on any atom is 0.223 e. The van der Waals surface area contributed by atoms with E-state index in [1.165, 1.54) is 6.20 Å². The first-order chi connectivity index (χ1) is 13.9. The van der Waals surface area contributed by atoms with E-state index in [1.54, 1.807) is 7.11 Å². The molecule has 3 rings (SSSR count). The third-order valence-corrected chi connectivity index (χ3v) is 5.07. The van der Waals surface area contributed by atoms with E-state index in [2.05, 4.69) is 28.7 Å². The van der Waals surface area contributed by atoms with Crippen LogP contribution in [0.5, 0.6) is 5.75 Å². The summed E-state index contributed by atoms with van der Waals surface area (Å²) in [6, 6.07) is 0. The molecule has 0 radical (unpaired) electrons. The Morgan fingerprint density at radius 3 is 2.79 bits per heavy atom. The molecule has 0 unspecified atom stereocenters. The van der Waals surface area contributed by atoms with E-state index in [-0.39, 0.29) is 17.6 Å². The molecule has 0 aliphatic rings. The number of nitrogens with two attached hydrogens (primary N) is 1. The number of unbranched alkanes of at least 4 members (excludes halogenated alkanes) is 2. The fourth-order valence-electron chi connectivity index (χ4n) is 3.37. The maximum absolute atomic E-state index is 12.6. The lowest BCUT2D eigenvalue weighted by atomic mass is 10.1. The van der Waals surface area contributed by atoms with Crippen molar-refractivity contribution >= 4 is 28.6 Å². The van der Waals surface area contributed by atoms with Crippen LogP contribution in [0.2, 0.25) is 5.15 Å². The van der Waals surface area contributed by atoms with Crippen LogP contribution in [0.15, 0.2) is 12.4 Å². The van der Waals surface area contributed by atoms with Crippen molar-refractivity contribution in [1.29, 1.82) is 0 Å². The topological polar surface area (TPSA) is 92.9 Å². The molecule has 0 aliphatic heterocycles. The predicted octanol–water partition coefficient (Wildman–Crippen LogP) is 3.52. The second kappa shape index (κ2) is 8.58. The molecule has 0 fully saturated rings. The van der Waals surface area contributed by atoms with E-state index >= 15 is 0 Å². The van der Waals surface area contributed by atoms with Gasteiger partial charge in [0, 0.05) is 12.6 Å². The molecular weight excluding hydrogens is 390 g/mol. The number of hydrogen-bond donors (Lipinski definition) is 1. The van der Waals surface area contributed by atoms with Gasteiger partial charge >= 0.3 is 0 Å². The quantitative estimate of drug-likeness (QED) is 0.227. The molecule has 0 amide bonds. The standard InChI is InChI=1S/C21H24ClN5O2/c1-5-6-7-8-9-15-11-26(20-17(15)19(22)24-21(23)25-20)12-16-14(3)18(29-4)13(2)10-27(16)28/h10-11H,5-7,12H2,1-4H3,(H2,23,24,25). The molecule has 0 spiro atoms. The fraction of sp³-hybridized carbons (Fsp3) is 0.381. The Balaban J connectivity index is 2.14. The van der Waals surface area contributed by atoms with Crippen LogP contribution in [0.3, 0.4) is 0 Å². The molecule has 3 aromatic rings. The minimum absolute atomic E-state index is 0.0700. The number of nitrogen functional groups attached to an aromatic ring is 1. The monoisotopic (exact) mass is 413 g/mol. The van der Waals surface area contributed by atoms with Crippen LogP contribution in [-0.4, -0.2) is 21.6 Å². The molecule has 0 aromatic carbocycles. The average molecular weight is 414 g/mol. The Morgan fingerprint density at radius 2 is 2.10 bits per heavy atom. The number of fused-ring (bicyclic) bond motifs is 1. The van der Waals surface area contributed by atoms with Crippen molar-refractivity contribution < 1.29 is 9.47 Å². The van der Waals surface area contributed by atoms with Crippen LogP contribution in [0.25, 0.3) is 11.0 Å². The zero-order valence-electron chi connectivity index (χ0n) is 17.0. The molecular formula is C21H24ClN5O2. The predicted molar refractivity (Wildman–Crippen MR) is 114 cm³/mol. The molecule has 0 saturated heterocycles. The number of anilines is 1. The third-order valence-electron chi connectivity index (χ3n) is 4.80. The van der Waals surface area contributed by atoms with Crippen LogP contribution in [0.4, 0.5) is 5.95 Å². The summed E-state index contributed by atoms with van der Waals surface area (Å²) in [4.78, 5) is 8.42. The van der Waals surface area contributed by atoms with E-state index in [0.29, 0.717) is 22.5 Å². The van der Waals surface area contributed by atoms with Crippen molar-refractivity contribution in [3.63, 3.8) is 0 Å². The highest BCUT2D eigenvalue weighted by Crippen LogP contribution is 2.29. The van der Waals surface area contributed by atoms with E-state index in [1.807, 2.05) is 24.6 Å². The van der Waals surface area contributed by atoms with Gasteiger partial charge in [0.15, 0.2) is 6.20 Å². The summed E-state index contributed by atoms with van der Waals surface area (Å²) in [5, 5.41) is 13.5. The van der Waals surface area contributed by atoms with Gasteiger partial charge in [-0.2, -0.15) is 9.71 Å². The summed E-state index contributed by atoms with van der Waals surface area (Å²) in [5.74, 6) is 7.09. The second-order valence-corrected chi connectivity index (χ2v) is 7.25.